The normalized spacial score (nSPS) is 11.8. The fourth-order valence-electron chi connectivity index (χ4n) is 3.50. The average molecular weight is 415 g/mol. The predicted octanol–water partition coefficient (Wildman–Crippen LogP) is 4.52. The lowest BCUT2D eigenvalue weighted by Gasteiger charge is -2.19. The Kier molecular flexibility index (Phi) is 5.49. The van der Waals surface area contributed by atoms with Gasteiger partial charge in [-0.1, -0.05) is 18.2 Å². The maximum absolute atomic E-state index is 12.8. The van der Waals surface area contributed by atoms with E-state index in [1.807, 2.05) is 26.0 Å². The highest BCUT2D eigenvalue weighted by Crippen LogP contribution is 2.30. The number of esters is 1. The molecule has 4 rings (SSSR count). The van der Waals surface area contributed by atoms with E-state index in [4.69, 9.17) is 9.15 Å². The second kappa shape index (κ2) is 8.39. The summed E-state index contributed by atoms with van der Waals surface area (Å²) in [4.78, 5) is 33.3. The van der Waals surface area contributed by atoms with E-state index in [2.05, 4.69) is 15.3 Å². The number of hydrogen-bond donors (Lipinski definition) is 1. The van der Waals surface area contributed by atoms with Crippen molar-refractivity contribution >= 4 is 22.6 Å². The van der Waals surface area contributed by atoms with Crippen LogP contribution in [0.15, 0.2) is 70.1 Å². The largest absolute Gasteiger partial charge is 0.465 e. The predicted molar refractivity (Wildman–Crippen MR) is 118 cm³/mol. The number of hydrogen-bond acceptors (Lipinski definition) is 7. The monoisotopic (exact) mass is 415 g/mol. The van der Waals surface area contributed by atoms with Crippen molar-refractivity contribution in [3.05, 3.63) is 87.8 Å². The molecule has 2 heterocycles. The zero-order valence-corrected chi connectivity index (χ0v) is 17.4. The van der Waals surface area contributed by atoms with Crippen molar-refractivity contribution in [2.45, 2.75) is 19.9 Å². The first-order valence-electron chi connectivity index (χ1n) is 9.77. The third-order valence-electron chi connectivity index (χ3n) is 4.96. The van der Waals surface area contributed by atoms with E-state index >= 15 is 0 Å². The van der Waals surface area contributed by atoms with Crippen molar-refractivity contribution in [2.75, 3.05) is 12.4 Å². The van der Waals surface area contributed by atoms with E-state index < -0.39 is 5.97 Å². The third kappa shape index (κ3) is 4.02. The lowest BCUT2D eigenvalue weighted by atomic mass is 10.0. The summed E-state index contributed by atoms with van der Waals surface area (Å²) in [7, 11) is 1.35. The first kappa shape index (κ1) is 20.3. The van der Waals surface area contributed by atoms with Gasteiger partial charge in [-0.2, -0.15) is 0 Å². The van der Waals surface area contributed by atoms with E-state index in [0.717, 1.165) is 11.1 Å². The Labute approximate surface area is 178 Å². The van der Waals surface area contributed by atoms with Gasteiger partial charge in [0.15, 0.2) is 17.0 Å². The molecule has 0 saturated carbocycles. The minimum absolute atomic E-state index is 0.171. The lowest BCUT2D eigenvalue weighted by Crippen LogP contribution is -2.13. The number of rotatable bonds is 5. The van der Waals surface area contributed by atoms with E-state index in [9.17, 15) is 9.59 Å². The summed E-state index contributed by atoms with van der Waals surface area (Å²) >= 11 is 0. The van der Waals surface area contributed by atoms with Gasteiger partial charge in [-0.05, 0) is 43.7 Å². The van der Waals surface area contributed by atoms with Crippen molar-refractivity contribution in [2.24, 2.45) is 0 Å². The zero-order chi connectivity index (χ0) is 22.0. The summed E-state index contributed by atoms with van der Waals surface area (Å²) in [5.41, 5.74) is 3.04. The van der Waals surface area contributed by atoms with Gasteiger partial charge < -0.3 is 14.5 Å². The highest BCUT2D eigenvalue weighted by atomic mass is 16.5. The van der Waals surface area contributed by atoms with E-state index in [0.29, 0.717) is 33.8 Å². The highest BCUT2D eigenvalue weighted by molar-refractivity contribution is 5.95. The maximum Gasteiger partial charge on any atom is 0.339 e. The van der Waals surface area contributed by atoms with Crippen molar-refractivity contribution in [1.82, 2.24) is 9.97 Å². The topological polar surface area (TPSA) is 94.3 Å². The molecule has 0 spiro atoms. The number of carbonyl (C=O) groups is 1. The minimum atomic E-state index is -0.431. The van der Waals surface area contributed by atoms with Gasteiger partial charge in [0.25, 0.3) is 0 Å². The fraction of sp³-hybridized carbons (Fsp3) is 0.167. The number of methoxy groups -OCH3 is 1. The van der Waals surface area contributed by atoms with Crippen LogP contribution < -0.4 is 10.7 Å². The quantitative estimate of drug-likeness (QED) is 0.479. The van der Waals surface area contributed by atoms with Crippen LogP contribution in [0, 0.1) is 6.92 Å². The van der Waals surface area contributed by atoms with Crippen LogP contribution in [0.25, 0.3) is 22.6 Å². The second-order valence-corrected chi connectivity index (χ2v) is 7.18. The summed E-state index contributed by atoms with van der Waals surface area (Å²) in [6, 6.07) is 13.7. The molecule has 0 aliphatic heterocycles. The molecular weight excluding hydrogens is 394 g/mol. The number of benzene rings is 2. The number of aromatic nitrogens is 2. The van der Waals surface area contributed by atoms with Crippen LogP contribution in [-0.4, -0.2) is 23.0 Å². The minimum Gasteiger partial charge on any atom is -0.465 e. The van der Waals surface area contributed by atoms with Crippen LogP contribution in [0.1, 0.15) is 34.5 Å². The zero-order valence-electron chi connectivity index (χ0n) is 17.4. The Morgan fingerprint density at radius 1 is 1.10 bits per heavy atom. The summed E-state index contributed by atoms with van der Waals surface area (Å²) < 4.78 is 11.0. The van der Waals surface area contributed by atoms with Gasteiger partial charge in [-0.3, -0.25) is 4.79 Å². The standard InChI is InChI=1S/C24H21N3O4/c1-14-11-17(15(2)27-19-8-5-4-7-16(19)24(29)30-3)22-18(12-14)20(28)13-21(31-22)23-25-9-6-10-26-23/h4-13,15,27H,1-3H3. The Hall–Kier alpha value is -4.00. The van der Waals surface area contributed by atoms with Crippen LogP contribution in [0.5, 0.6) is 0 Å². The Bertz CT molecular complexity index is 1320. The molecule has 7 heteroatoms. The fourth-order valence-corrected chi connectivity index (χ4v) is 3.50. The van der Waals surface area contributed by atoms with Crippen LogP contribution >= 0.6 is 0 Å². The van der Waals surface area contributed by atoms with Crippen molar-refractivity contribution in [3.63, 3.8) is 0 Å². The SMILES string of the molecule is COC(=O)c1ccccc1NC(C)c1cc(C)cc2c(=O)cc(-c3ncccn3)oc12. The molecule has 2 aromatic carbocycles. The van der Waals surface area contributed by atoms with Crippen LogP contribution in [0.4, 0.5) is 5.69 Å². The molecule has 0 fully saturated rings. The van der Waals surface area contributed by atoms with E-state index in [1.54, 1.807) is 42.7 Å². The molecule has 1 N–H and O–H groups in total. The van der Waals surface area contributed by atoms with Crippen LogP contribution in [0.2, 0.25) is 0 Å². The van der Waals surface area contributed by atoms with Gasteiger partial charge in [-0.15, -0.1) is 0 Å². The Morgan fingerprint density at radius 3 is 2.58 bits per heavy atom. The summed E-state index contributed by atoms with van der Waals surface area (Å²) in [5, 5.41) is 3.82. The highest BCUT2D eigenvalue weighted by Gasteiger charge is 2.19. The van der Waals surface area contributed by atoms with Gasteiger partial charge in [0.2, 0.25) is 0 Å². The molecule has 0 radical (unpaired) electrons. The molecule has 156 valence electrons. The summed E-state index contributed by atoms with van der Waals surface area (Å²) in [6.45, 7) is 3.86. The molecule has 1 atom stereocenters. The first-order valence-corrected chi connectivity index (χ1v) is 9.77. The molecule has 2 aromatic heterocycles. The van der Waals surface area contributed by atoms with Gasteiger partial charge in [-0.25, -0.2) is 14.8 Å². The van der Waals surface area contributed by atoms with E-state index in [1.165, 1.54) is 13.2 Å². The number of nitrogens with zero attached hydrogens (tertiary/aromatic N) is 2. The maximum atomic E-state index is 12.8. The lowest BCUT2D eigenvalue weighted by molar-refractivity contribution is 0.0602. The molecule has 0 saturated heterocycles. The smallest absolute Gasteiger partial charge is 0.339 e. The number of nitrogens with one attached hydrogen (secondary N) is 1. The first-order chi connectivity index (χ1) is 15.0. The Balaban J connectivity index is 1.83. The summed E-state index contributed by atoms with van der Waals surface area (Å²) in [6.07, 6.45) is 3.19. The number of fused-ring (bicyclic) bond motifs is 1. The number of ether oxygens (including phenoxy) is 1. The number of carbonyl (C=O) groups excluding carboxylic acids is 1. The molecule has 7 nitrogen and oxygen atoms in total. The van der Waals surface area contributed by atoms with Gasteiger partial charge >= 0.3 is 5.97 Å². The molecule has 0 bridgehead atoms. The molecule has 0 aliphatic carbocycles. The van der Waals surface area contributed by atoms with Crippen molar-refractivity contribution in [1.29, 1.82) is 0 Å². The van der Waals surface area contributed by atoms with Crippen molar-refractivity contribution in [3.8, 4) is 11.6 Å². The number of aryl methyl sites for hydroxylation is 1. The molecule has 0 aliphatic rings. The summed E-state index contributed by atoms with van der Waals surface area (Å²) in [5.74, 6) is 0.203. The molecular formula is C24H21N3O4. The number of para-hydroxylation sites is 1. The Morgan fingerprint density at radius 2 is 1.84 bits per heavy atom. The molecule has 31 heavy (non-hydrogen) atoms. The third-order valence-corrected chi connectivity index (χ3v) is 4.96. The van der Waals surface area contributed by atoms with E-state index in [-0.39, 0.29) is 11.5 Å². The molecule has 4 aromatic rings. The van der Waals surface area contributed by atoms with Crippen LogP contribution in [0.3, 0.4) is 0 Å². The van der Waals surface area contributed by atoms with Gasteiger partial charge in [0.1, 0.15) is 5.58 Å². The van der Waals surface area contributed by atoms with Gasteiger partial charge in [0, 0.05) is 29.7 Å². The van der Waals surface area contributed by atoms with Crippen molar-refractivity contribution < 1.29 is 13.9 Å². The molecule has 0 amide bonds. The second-order valence-electron chi connectivity index (χ2n) is 7.18. The average Bonchev–Trinajstić information content (AvgIpc) is 2.79. The van der Waals surface area contributed by atoms with Crippen LogP contribution in [-0.2, 0) is 4.74 Å². The van der Waals surface area contributed by atoms with Gasteiger partial charge in [0.05, 0.1) is 24.1 Å². The molecule has 1 unspecified atom stereocenters. The number of anilines is 1.